The lowest BCUT2D eigenvalue weighted by Crippen LogP contribution is -2.26. The summed E-state index contributed by atoms with van der Waals surface area (Å²) in [6.07, 6.45) is 0. The average molecular weight is 323 g/mol. The number of halogens is 2. The lowest BCUT2D eigenvalue weighted by Gasteiger charge is -2.11. The van der Waals surface area contributed by atoms with Crippen LogP contribution in [-0.2, 0) is 0 Å². The molecule has 108 valence electrons. The van der Waals surface area contributed by atoms with E-state index in [4.69, 9.17) is 34.7 Å². The van der Waals surface area contributed by atoms with Crippen LogP contribution in [0.25, 0.3) is 0 Å². The topological polar surface area (TPSA) is 93.5 Å². The molecule has 0 aliphatic carbocycles. The molecule has 2 aromatic rings. The van der Waals surface area contributed by atoms with Gasteiger partial charge in [0.15, 0.2) is 0 Å². The Balaban J connectivity index is 2.62. The van der Waals surface area contributed by atoms with Crippen molar-refractivity contribution in [3.8, 4) is 0 Å². The second kappa shape index (κ2) is 6.47. The zero-order valence-corrected chi connectivity index (χ0v) is 12.3. The number of nitrogens with two attached hydrogens (primary N) is 2. The van der Waals surface area contributed by atoms with E-state index in [-0.39, 0.29) is 0 Å². The molecule has 0 bridgehead atoms. The molecule has 0 heterocycles. The zero-order valence-electron chi connectivity index (χ0n) is 10.8. The normalized spacial score (nSPS) is 11.2. The minimum absolute atomic E-state index is 0.374. The molecule has 0 radical (unpaired) electrons. The lowest BCUT2D eigenvalue weighted by molar-refractivity contribution is 0.249. The Bertz CT molecular complexity index is 716. The molecule has 0 saturated carbocycles. The number of amides is 2. The van der Waals surface area contributed by atoms with Crippen LogP contribution in [0.2, 0.25) is 10.0 Å². The van der Waals surface area contributed by atoms with Gasteiger partial charge in [0.25, 0.3) is 0 Å². The van der Waals surface area contributed by atoms with Gasteiger partial charge in [-0.1, -0.05) is 41.4 Å². The van der Waals surface area contributed by atoms with Crippen LogP contribution in [0, 0.1) is 0 Å². The van der Waals surface area contributed by atoms with Gasteiger partial charge in [-0.15, -0.1) is 0 Å². The first kappa shape index (κ1) is 15.2. The van der Waals surface area contributed by atoms with E-state index in [9.17, 15) is 4.79 Å². The van der Waals surface area contributed by atoms with Gasteiger partial charge in [-0.2, -0.15) is 5.10 Å². The molecule has 21 heavy (non-hydrogen) atoms. The monoisotopic (exact) mass is 322 g/mol. The van der Waals surface area contributed by atoms with Crippen molar-refractivity contribution in [1.82, 2.24) is 5.43 Å². The highest BCUT2D eigenvalue weighted by Gasteiger charge is 2.14. The third-order valence-electron chi connectivity index (χ3n) is 2.68. The molecule has 0 atom stereocenters. The van der Waals surface area contributed by atoms with Crippen molar-refractivity contribution >= 4 is 40.6 Å². The minimum atomic E-state index is -0.792. The van der Waals surface area contributed by atoms with Gasteiger partial charge in [-0.3, -0.25) is 0 Å². The van der Waals surface area contributed by atoms with E-state index in [1.165, 1.54) is 0 Å². The highest BCUT2D eigenvalue weighted by Crippen LogP contribution is 2.25. The number of nitrogens with zero attached hydrogens (tertiary/aromatic N) is 1. The quantitative estimate of drug-likeness (QED) is 0.460. The fraction of sp³-hybridized carbons (Fsp3) is 0. The third kappa shape index (κ3) is 3.65. The van der Waals surface area contributed by atoms with E-state index in [1.54, 1.807) is 42.5 Å². The first-order valence-electron chi connectivity index (χ1n) is 5.92. The molecular weight excluding hydrogens is 311 g/mol. The van der Waals surface area contributed by atoms with Gasteiger partial charge in [0.05, 0.1) is 5.02 Å². The largest absolute Gasteiger partial charge is 0.398 e. The summed E-state index contributed by atoms with van der Waals surface area (Å²) in [4.78, 5) is 10.9. The van der Waals surface area contributed by atoms with Gasteiger partial charge >= 0.3 is 6.03 Å². The summed E-state index contributed by atoms with van der Waals surface area (Å²) in [5.74, 6) is 0. The van der Waals surface area contributed by atoms with Crippen molar-refractivity contribution in [3.05, 3.63) is 63.6 Å². The Labute approximate surface area is 131 Å². The maximum Gasteiger partial charge on any atom is 0.332 e. The molecule has 0 fully saturated rings. The Hall–Kier alpha value is -2.24. The number of hydrazone groups is 1. The Morgan fingerprint density at radius 1 is 1.10 bits per heavy atom. The lowest BCUT2D eigenvalue weighted by atomic mass is 10.0. The number of primary amides is 1. The van der Waals surface area contributed by atoms with Crippen molar-refractivity contribution in [2.75, 3.05) is 5.73 Å². The van der Waals surface area contributed by atoms with E-state index in [2.05, 4.69) is 10.5 Å². The van der Waals surface area contributed by atoms with E-state index >= 15 is 0 Å². The Kier molecular flexibility index (Phi) is 4.67. The van der Waals surface area contributed by atoms with Crippen molar-refractivity contribution in [2.24, 2.45) is 10.8 Å². The molecule has 5 N–H and O–H groups in total. The number of benzene rings is 2. The fourth-order valence-electron chi connectivity index (χ4n) is 1.76. The second-order valence-corrected chi connectivity index (χ2v) is 4.99. The van der Waals surface area contributed by atoms with Crippen LogP contribution in [0.1, 0.15) is 11.1 Å². The summed E-state index contributed by atoms with van der Waals surface area (Å²) in [5.41, 5.74) is 15.2. The molecule has 5 nitrogen and oxygen atoms in total. The third-order valence-corrected chi connectivity index (χ3v) is 3.24. The van der Waals surface area contributed by atoms with Crippen LogP contribution in [0.5, 0.6) is 0 Å². The van der Waals surface area contributed by atoms with Gasteiger partial charge in [0.1, 0.15) is 5.71 Å². The molecule has 2 amide bonds. The molecule has 0 spiro atoms. The average Bonchev–Trinajstić information content (AvgIpc) is 2.44. The zero-order chi connectivity index (χ0) is 15.4. The minimum Gasteiger partial charge on any atom is -0.398 e. The number of carbonyl (C=O) groups excluding carboxylic acids is 1. The molecular formula is C14H12Cl2N4O. The van der Waals surface area contributed by atoms with Crippen LogP contribution >= 0.6 is 23.2 Å². The number of nitrogen functional groups attached to an aromatic ring is 1. The number of urea groups is 1. The summed E-state index contributed by atoms with van der Waals surface area (Å²) >= 11 is 12.2. The number of hydrogen-bond donors (Lipinski definition) is 3. The standard InChI is InChI=1S/C14H12Cl2N4O/c15-8-5-6-12(17)10(7-8)13(19-20-14(18)21)9-3-1-2-4-11(9)16/h1-7H,17H2,(H3,18,20,21)/b19-13+. The number of carbonyl (C=O) groups is 1. The van der Waals surface area contributed by atoms with Gasteiger partial charge in [0.2, 0.25) is 0 Å². The molecule has 0 aliphatic rings. The maximum absolute atomic E-state index is 10.9. The highest BCUT2D eigenvalue weighted by atomic mass is 35.5. The van der Waals surface area contributed by atoms with E-state index in [0.717, 1.165) is 0 Å². The molecule has 0 aliphatic heterocycles. The number of hydrogen-bond acceptors (Lipinski definition) is 3. The maximum atomic E-state index is 10.9. The fourth-order valence-corrected chi connectivity index (χ4v) is 2.16. The first-order valence-corrected chi connectivity index (χ1v) is 6.68. The summed E-state index contributed by atoms with van der Waals surface area (Å²) < 4.78 is 0. The van der Waals surface area contributed by atoms with Crippen LogP contribution in [-0.4, -0.2) is 11.7 Å². The molecule has 7 heteroatoms. The van der Waals surface area contributed by atoms with E-state index < -0.39 is 6.03 Å². The summed E-state index contributed by atoms with van der Waals surface area (Å²) in [7, 11) is 0. The van der Waals surface area contributed by atoms with E-state index in [1.807, 2.05) is 0 Å². The smallest absolute Gasteiger partial charge is 0.332 e. The second-order valence-electron chi connectivity index (χ2n) is 4.15. The van der Waals surface area contributed by atoms with Crippen molar-refractivity contribution in [3.63, 3.8) is 0 Å². The predicted molar refractivity (Wildman–Crippen MR) is 85.7 cm³/mol. The molecule has 0 unspecified atom stereocenters. The van der Waals surface area contributed by atoms with Crippen molar-refractivity contribution < 1.29 is 4.79 Å². The summed E-state index contributed by atoms with van der Waals surface area (Å²) in [5, 5.41) is 4.94. The van der Waals surface area contributed by atoms with Crippen LogP contribution in [0.4, 0.5) is 10.5 Å². The molecule has 2 rings (SSSR count). The first-order chi connectivity index (χ1) is 9.99. The summed E-state index contributed by atoms with van der Waals surface area (Å²) in [6.45, 7) is 0. The number of rotatable bonds is 3. The number of anilines is 1. The van der Waals surface area contributed by atoms with Crippen LogP contribution in [0.3, 0.4) is 0 Å². The van der Waals surface area contributed by atoms with Gasteiger partial charge < -0.3 is 11.5 Å². The summed E-state index contributed by atoms with van der Waals surface area (Å²) in [6, 6.07) is 11.2. The van der Waals surface area contributed by atoms with Crippen LogP contribution in [0.15, 0.2) is 47.6 Å². The van der Waals surface area contributed by atoms with Crippen LogP contribution < -0.4 is 16.9 Å². The van der Waals surface area contributed by atoms with Gasteiger partial charge in [-0.25, -0.2) is 10.2 Å². The van der Waals surface area contributed by atoms with Crippen molar-refractivity contribution in [2.45, 2.75) is 0 Å². The van der Waals surface area contributed by atoms with Gasteiger partial charge in [0, 0.05) is 21.8 Å². The van der Waals surface area contributed by atoms with E-state index in [0.29, 0.717) is 32.6 Å². The SMILES string of the molecule is NC(=O)N/N=C(/c1cc(Cl)ccc1N)c1ccccc1Cl. The van der Waals surface area contributed by atoms with Crippen molar-refractivity contribution in [1.29, 1.82) is 0 Å². The Morgan fingerprint density at radius 3 is 2.48 bits per heavy atom. The molecule has 0 saturated heterocycles. The van der Waals surface area contributed by atoms with Gasteiger partial charge in [-0.05, 0) is 24.3 Å². The number of nitrogens with one attached hydrogen (secondary N) is 1. The Morgan fingerprint density at radius 2 is 1.81 bits per heavy atom. The predicted octanol–water partition coefficient (Wildman–Crippen LogP) is 3.00. The molecule has 0 aromatic heterocycles. The molecule has 2 aromatic carbocycles. The highest BCUT2D eigenvalue weighted by molar-refractivity contribution is 6.36.